The van der Waals surface area contributed by atoms with Gasteiger partial charge in [0.05, 0.1) is 6.54 Å². The summed E-state index contributed by atoms with van der Waals surface area (Å²) in [6.07, 6.45) is 5.48. The zero-order valence-electron chi connectivity index (χ0n) is 17.4. The molecule has 0 aliphatic carbocycles. The largest absolute Gasteiger partial charge is 0.444 e. The summed E-state index contributed by atoms with van der Waals surface area (Å²) < 4.78 is 5.64. The summed E-state index contributed by atoms with van der Waals surface area (Å²) in [7, 11) is 0. The van der Waals surface area contributed by atoms with Crippen molar-refractivity contribution in [3.8, 4) is 11.5 Å². The number of hydrogen-bond acceptors (Lipinski definition) is 4. The van der Waals surface area contributed by atoms with E-state index >= 15 is 0 Å². The molecule has 1 atom stereocenters. The van der Waals surface area contributed by atoms with Crippen LogP contribution in [-0.2, 0) is 6.54 Å². The third-order valence-corrected chi connectivity index (χ3v) is 5.23. The van der Waals surface area contributed by atoms with Gasteiger partial charge in [-0.15, -0.1) is 0 Å². The summed E-state index contributed by atoms with van der Waals surface area (Å²) in [5.41, 5.74) is 3.04. The van der Waals surface area contributed by atoms with Crippen LogP contribution < -0.4 is 10.6 Å². The Bertz CT molecular complexity index is 747. The zero-order chi connectivity index (χ0) is 19.8. The standard InChI is InChI=1S/C22H33N5O/c1-4-20(27-12-6-7-13-27)15-25-22(23-5-2)24-14-19-16-28-21(26-19)18-10-8-17(3)9-11-18/h8-11,16,20H,4-7,12-15H2,1-3H3,(H2,23,24,25). The summed E-state index contributed by atoms with van der Waals surface area (Å²) in [6, 6.07) is 8.75. The van der Waals surface area contributed by atoms with Crippen molar-refractivity contribution in [1.82, 2.24) is 20.5 Å². The molecule has 28 heavy (non-hydrogen) atoms. The first kappa shape index (κ1) is 20.4. The van der Waals surface area contributed by atoms with Crippen LogP contribution in [0.2, 0.25) is 0 Å². The number of rotatable bonds is 8. The number of nitrogens with one attached hydrogen (secondary N) is 2. The molecule has 6 heteroatoms. The van der Waals surface area contributed by atoms with E-state index in [2.05, 4.69) is 53.4 Å². The molecule has 6 nitrogen and oxygen atoms in total. The maximum Gasteiger partial charge on any atom is 0.226 e. The number of nitrogens with zero attached hydrogens (tertiary/aromatic N) is 3. The molecule has 2 N–H and O–H groups in total. The molecule has 1 unspecified atom stereocenters. The number of aryl methyl sites for hydroxylation is 1. The molecule has 1 aliphatic rings. The van der Waals surface area contributed by atoms with E-state index in [-0.39, 0.29) is 0 Å². The molecule has 1 fully saturated rings. The van der Waals surface area contributed by atoms with Gasteiger partial charge in [0.25, 0.3) is 0 Å². The topological polar surface area (TPSA) is 65.7 Å². The number of aliphatic imine (C=N–C) groups is 1. The fourth-order valence-electron chi connectivity index (χ4n) is 3.56. The minimum absolute atomic E-state index is 0.491. The van der Waals surface area contributed by atoms with Gasteiger partial charge >= 0.3 is 0 Å². The lowest BCUT2D eigenvalue weighted by Crippen LogP contribution is -2.46. The van der Waals surface area contributed by atoms with Gasteiger partial charge in [-0.3, -0.25) is 4.90 Å². The number of hydrogen-bond donors (Lipinski definition) is 2. The van der Waals surface area contributed by atoms with Crippen molar-refractivity contribution < 1.29 is 4.42 Å². The molecule has 1 saturated heterocycles. The molecular weight excluding hydrogens is 350 g/mol. The smallest absolute Gasteiger partial charge is 0.226 e. The second-order valence-electron chi connectivity index (χ2n) is 7.39. The van der Waals surface area contributed by atoms with Gasteiger partial charge in [0.1, 0.15) is 12.0 Å². The summed E-state index contributed by atoms with van der Waals surface area (Å²) in [4.78, 5) is 11.9. The molecule has 0 saturated carbocycles. The second-order valence-corrected chi connectivity index (χ2v) is 7.39. The monoisotopic (exact) mass is 383 g/mol. The average molecular weight is 384 g/mol. The van der Waals surface area contributed by atoms with Crippen molar-refractivity contribution in [2.45, 2.75) is 52.6 Å². The maximum absolute atomic E-state index is 5.64. The molecule has 0 spiro atoms. The Labute approximate surface area is 168 Å². The summed E-state index contributed by atoms with van der Waals surface area (Å²) in [6.45, 7) is 11.1. The number of oxazole rings is 1. The molecule has 1 aromatic heterocycles. The third kappa shape index (κ3) is 5.58. The van der Waals surface area contributed by atoms with Gasteiger partial charge in [-0.1, -0.05) is 24.6 Å². The zero-order valence-corrected chi connectivity index (χ0v) is 17.4. The van der Waals surface area contributed by atoms with Gasteiger partial charge in [0.2, 0.25) is 5.89 Å². The van der Waals surface area contributed by atoms with E-state index in [0.29, 0.717) is 18.5 Å². The average Bonchev–Trinajstić information content (AvgIpc) is 3.39. The lowest BCUT2D eigenvalue weighted by molar-refractivity contribution is 0.236. The first-order valence-corrected chi connectivity index (χ1v) is 10.5. The Hall–Kier alpha value is -2.34. The van der Waals surface area contributed by atoms with Crippen molar-refractivity contribution in [1.29, 1.82) is 0 Å². The molecule has 2 aromatic rings. The molecule has 0 radical (unpaired) electrons. The van der Waals surface area contributed by atoms with Gasteiger partial charge in [-0.05, 0) is 58.3 Å². The van der Waals surface area contributed by atoms with E-state index in [1.165, 1.54) is 31.5 Å². The van der Waals surface area contributed by atoms with Gasteiger partial charge in [0.15, 0.2) is 5.96 Å². The number of aromatic nitrogens is 1. The van der Waals surface area contributed by atoms with Crippen molar-refractivity contribution in [3.05, 3.63) is 41.8 Å². The Balaban J connectivity index is 1.58. The van der Waals surface area contributed by atoms with Crippen LogP contribution in [0.5, 0.6) is 0 Å². The fraction of sp³-hybridized carbons (Fsp3) is 0.545. The minimum Gasteiger partial charge on any atom is -0.444 e. The molecule has 1 aromatic carbocycles. The van der Waals surface area contributed by atoms with E-state index in [1.807, 2.05) is 12.1 Å². The summed E-state index contributed by atoms with van der Waals surface area (Å²) in [5, 5.41) is 6.83. The highest BCUT2D eigenvalue weighted by Gasteiger charge is 2.20. The lowest BCUT2D eigenvalue weighted by atomic mass is 10.1. The predicted octanol–water partition coefficient (Wildman–Crippen LogP) is 3.58. The van der Waals surface area contributed by atoms with E-state index in [0.717, 1.165) is 36.7 Å². The lowest BCUT2D eigenvalue weighted by Gasteiger charge is -2.27. The van der Waals surface area contributed by atoms with E-state index in [9.17, 15) is 0 Å². The first-order chi connectivity index (χ1) is 13.7. The van der Waals surface area contributed by atoms with Crippen molar-refractivity contribution >= 4 is 5.96 Å². The van der Waals surface area contributed by atoms with Crippen molar-refractivity contribution in [3.63, 3.8) is 0 Å². The van der Waals surface area contributed by atoms with Gasteiger partial charge in [-0.25, -0.2) is 9.98 Å². The molecule has 1 aliphatic heterocycles. The molecule has 152 valence electrons. The Kier molecular flexibility index (Phi) is 7.48. The van der Waals surface area contributed by atoms with Crippen LogP contribution >= 0.6 is 0 Å². The van der Waals surface area contributed by atoms with Crippen LogP contribution in [0.15, 0.2) is 39.9 Å². The maximum atomic E-state index is 5.64. The number of benzene rings is 1. The van der Waals surface area contributed by atoms with E-state index < -0.39 is 0 Å². The van der Waals surface area contributed by atoms with Gasteiger partial charge in [0, 0.05) is 24.7 Å². The Morgan fingerprint density at radius 3 is 2.61 bits per heavy atom. The molecule has 0 amide bonds. The molecule has 3 rings (SSSR count). The van der Waals surface area contributed by atoms with Crippen LogP contribution in [0.4, 0.5) is 0 Å². The highest BCUT2D eigenvalue weighted by Crippen LogP contribution is 2.19. The van der Waals surface area contributed by atoms with Crippen LogP contribution in [-0.4, -0.2) is 48.1 Å². The third-order valence-electron chi connectivity index (χ3n) is 5.23. The molecular formula is C22H33N5O. The molecule has 2 heterocycles. The molecule has 0 bridgehead atoms. The second kappa shape index (κ2) is 10.3. The quantitative estimate of drug-likeness (QED) is 0.539. The van der Waals surface area contributed by atoms with E-state index in [4.69, 9.17) is 9.41 Å². The number of likely N-dealkylation sites (tertiary alicyclic amines) is 1. The Morgan fingerprint density at radius 1 is 1.18 bits per heavy atom. The SMILES string of the molecule is CCNC(=NCc1coc(-c2ccc(C)cc2)n1)NCC(CC)N1CCCC1. The van der Waals surface area contributed by atoms with Crippen LogP contribution in [0, 0.1) is 6.92 Å². The first-order valence-electron chi connectivity index (χ1n) is 10.5. The predicted molar refractivity (Wildman–Crippen MR) is 114 cm³/mol. The van der Waals surface area contributed by atoms with Crippen LogP contribution in [0.25, 0.3) is 11.5 Å². The van der Waals surface area contributed by atoms with Crippen LogP contribution in [0.1, 0.15) is 44.4 Å². The number of guanidine groups is 1. The summed E-state index contributed by atoms with van der Waals surface area (Å²) >= 11 is 0. The minimum atomic E-state index is 0.491. The Morgan fingerprint density at radius 2 is 1.93 bits per heavy atom. The normalized spacial score (nSPS) is 16.3. The van der Waals surface area contributed by atoms with Gasteiger partial charge < -0.3 is 15.1 Å². The van der Waals surface area contributed by atoms with E-state index in [1.54, 1.807) is 6.26 Å². The van der Waals surface area contributed by atoms with Crippen LogP contribution in [0.3, 0.4) is 0 Å². The fourth-order valence-corrected chi connectivity index (χ4v) is 3.56. The summed E-state index contributed by atoms with van der Waals surface area (Å²) in [5.74, 6) is 1.48. The van der Waals surface area contributed by atoms with Crippen molar-refractivity contribution in [2.24, 2.45) is 4.99 Å². The highest BCUT2D eigenvalue weighted by atomic mass is 16.3. The van der Waals surface area contributed by atoms with Crippen molar-refractivity contribution in [2.75, 3.05) is 26.2 Å². The highest BCUT2D eigenvalue weighted by molar-refractivity contribution is 5.79. The van der Waals surface area contributed by atoms with Gasteiger partial charge in [-0.2, -0.15) is 0 Å².